The van der Waals surface area contributed by atoms with Crippen molar-refractivity contribution in [3.8, 4) is 18.1 Å². The lowest BCUT2D eigenvalue weighted by Gasteiger charge is -2.44. The van der Waals surface area contributed by atoms with Crippen LogP contribution in [-0.4, -0.2) is 51.1 Å². The first kappa shape index (κ1) is 30.6. The summed E-state index contributed by atoms with van der Waals surface area (Å²) in [6.07, 6.45) is 7.39. The maximum Gasteiger partial charge on any atom is 0.408 e. The average molecular weight is 548 g/mol. The molecule has 2 aromatic rings. The first-order valence-corrected chi connectivity index (χ1v) is 13.6. The van der Waals surface area contributed by atoms with Crippen LogP contribution in [0.2, 0.25) is 0 Å². The SMILES string of the molecule is C#Cc1ccc(C(C(=O)NC(C)(C)C)N(C(=O)C(Cc2ccc(O)cc2)NC(=O)OC(C)(C)C)C2CCC2)cc1. The van der Waals surface area contributed by atoms with Crippen LogP contribution in [0.25, 0.3) is 0 Å². The zero-order valence-corrected chi connectivity index (χ0v) is 24.3. The fourth-order valence-electron chi connectivity index (χ4n) is 4.52. The lowest BCUT2D eigenvalue weighted by molar-refractivity contribution is -0.148. The molecule has 214 valence electrons. The predicted molar refractivity (Wildman–Crippen MR) is 154 cm³/mol. The number of aromatic hydroxyl groups is 1. The van der Waals surface area contributed by atoms with Crippen molar-refractivity contribution < 1.29 is 24.2 Å². The maximum atomic E-state index is 14.5. The van der Waals surface area contributed by atoms with E-state index >= 15 is 0 Å². The third-order valence-electron chi connectivity index (χ3n) is 6.51. The Kier molecular flexibility index (Phi) is 9.52. The van der Waals surface area contributed by atoms with Gasteiger partial charge in [-0.15, -0.1) is 6.42 Å². The summed E-state index contributed by atoms with van der Waals surface area (Å²) >= 11 is 0. The summed E-state index contributed by atoms with van der Waals surface area (Å²) in [7, 11) is 0. The van der Waals surface area contributed by atoms with Crippen molar-refractivity contribution in [3.63, 3.8) is 0 Å². The molecular weight excluding hydrogens is 506 g/mol. The van der Waals surface area contributed by atoms with Crippen LogP contribution < -0.4 is 10.6 Å². The molecule has 3 rings (SSSR count). The zero-order valence-electron chi connectivity index (χ0n) is 24.3. The summed E-state index contributed by atoms with van der Waals surface area (Å²) in [6, 6.07) is 11.4. The highest BCUT2D eigenvalue weighted by Crippen LogP contribution is 2.34. The van der Waals surface area contributed by atoms with Gasteiger partial charge in [0.2, 0.25) is 11.8 Å². The Morgan fingerprint density at radius 3 is 2.10 bits per heavy atom. The standard InChI is InChI=1S/C32H41N3O5/c1-8-21-12-16-23(17-13-21)27(28(37)34-31(2,3)4)35(24-10-9-11-24)29(38)26(33-30(39)40-32(5,6)7)20-22-14-18-25(36)19-15-22/h1,12-19,24,26-27,36H,9-11,20H2,2-7H3,(H,33,39)(H,34,37). The fraction of sp³-hybridized carbons (Fsp3) is 0.469. The Balaban J connectivity index is 2.06. The van der Waals surface area contributed by atoms with Gasteiger partial charge >= 0.3 is 6.09 Å². The molecule has 0 spiro atoms. The van der Waals surface area contributed by atoms with Crippen molar-refractivity contribution in [1.82, 2.24) is 15.5 Å². The van der Waals surface area contributed by atoms with E-state index in [4.69, 9.17) is 11.2 Å². The number of benzene rings is 2. The van der Waals surface area contributed by atoms with E-state index in [0.717, 1.165) is 24.8 Å². The molecule has 1 fully saturated rings. The number of terminal acetylenes is 1. The van der Waals surface area contributed by atoms with Crippen molar-refractivity contribution in [1.29, 1.82) is 0 Å². The van der Waals surface area contributed by atoms with Crippen LogP contribution in [0.4, 0.5) is 4.79 Å². The van der Waals surface area contributed by atoms with Gasteiger partial charge in [-0.05, 0) is 96.2 Å². The second-order valence-corrected chi connectivity index (χ2v) is 12.3. The van der Waals surface area contributed by atoms with Crippen LogP contribution in [0, 0.1) is 12.3 Å². The van der Waals surface area contributed by atoms with Crippen molar-refractivity contribution in [2.75, 3.05) is 0 Å². The smallest absolute Gasteiger partial charge is 0.408 e. The molecule has 3 amide bonds. The molecule has 0 aliphatic heterocycles. The number of hydrogen-bond donors (Lipinski definition) is 3. The van der Waals surface area contributed by atoms with Crippen molar-refractivity contribution >= 4 is 17.9 Å². The number of alkyl carbamates (subject to hydrolysis) is 1. The Morgan fingerprint density at radius 1 is 1.02 bits per heavy atom. The lowest BCUT2D eigenvalue weighted by Crippen LogP contribution is -2.59. The van der Waals surface area contributed by atoms with E-state index in [1.807, 2.05) is 20.8 Å². The summed E-state index contributed by atoms with van der Waals surface area (Å²) in [5, 5.41) is 15.5. The summed E-state index contributed by atoms with van der Waals surface area (Å²) in [5.74, 6) is 1.97. The quantitative estimate of drug-likeness (QED) is 0.410. The normalized spacial score (nSPS) is 15.1. The Morgan fingerprint density at radius 2 is 1.62 bits per heavy atom. The number of phenolic OH excluding ortho intramolecular Hbond substituents is 1. The predicted octanol–water partition coefficient (Wildman–Crippen LogP) is 4.85. The minimum atomic E-state index is -1.02. The van der Waals surface area contributed by atoms with Gasteiger partial charge in [0.05, 0.1) is 0 Å². The van der Waals surface area contributed by atoms with Crippen molar-refractivity contribution in [3.05, 3.63) is 65.2 Å². The molecule has 8 nitrogen and oxygen atoms in total. The molecule has 1 saturated carbocycles. The number of rotatable bonds is 8. The monoisotopic (exact) mass is 547 g/mol. The van der Waals surface area contributed by atoms with E-state index in [1.165, 1.54) is 12.1 Å². The second kappa shape index (κ2) is 12.5. The number of nitrogens with one attached hydrogen (secondary N) is 2. The van der Waals surface area contributed by atoms with Crippen LogP contribution in [0.1, 0.15) is 83.5 Å². The molecule has 2 atom stereocenters. The largest absolute Gasteiger partial charge is 0.508 e. The lowest BCUT2D eigenvalue weighted by atomic mass is 9.87. The van der Waals surface area contributed by atoms with Gasteiger partial charge in [-0.2, -0.15) is 0 Å². The third-order valence-corrected chi connectivity index (χ3v) is 6.51. The first-order valence-electron chi connectivity index (χ1n) is 13.6. The molecule has 3 N–H and O–H groups in total. The molecule has 0 bridgehead atoms. The van der Waals surface area contributed by atoms with Crippen LogP contribution in [-0.2, 0) is 20.7 Å². The summed E-state index contributed by atoms with van der Waals surface area (Å²) in [6.45, 7) is 10.9. The van der Waals surface area contributed by atoms with E-state index < -0.39 is 35.2 Å². The number of carbonyl (C=O) groups excluding carboxylic acids is 3. The first-order chi connectivity index (χ1) is 18.7. The van der Waals surface area contributed by atoms with Gasteiger partial charge in [-0.3, -0.25) is 9.59 Å². The average Bonchev–Trinajstić information content (AvgIpc) is 2.81. The number of hydrogen-bond acceptors (Lipinski definition) is 5. The molecule has 2 unspecified atom stereocenters. The van der Waals surface area contributed by atoms with Crippen LogP contribution >= 0.6 is 0 Å². The number of ether oxygens (including phenoxy) is 1. The maximum absolute atomic E-state index is 14.5. The van der Waals surface area contributed by atoms with Gasteiger partial charge in [-0.25, -0.2) is 4.79 Å². The van der Waals surface area contributed by atoms with Crippen molar-refractivity contribution in [2.45, 2.75) is 96.5 Å². The molecule has 0 heterocycles. The van der Waals surface area contributed by atoms with Crippen LogP contribution in [0.5, 0.6) is 5.75 Å². The van der Waals surface area contributed by atoms with E-state index in [1.54, 1.807) is 62.1 Å². The highest BCUT2D eigenvalue weighted by molar-refractivity contribution is 5.93. The molecule has 0 saturated heterocycles. The summed E-state index contributed by atoms with van der Waals surface area (Å²) in [4.78, 5) is 42.8. The van der Waals surface area contributed by atoms with Gasteiger partial charge in [0.15, 0.2) is 0 Å². The number of nitrogens with zero attached hydrogens (tertiary/aromatic N) is 1. The molecule has 1 aliphatic carbocycles. The van der Waals surface area contributed by atoms with E-state index in [9.17, 15) is 19.5 Å². The van der Waals surface area contributed by atoms with E-state index in [0.29, 0.717) is 11.1 Å². The highest BCUT2D eigenvalue weighted by atomic mass is 16.6. The number of amides is 3. The molecular formula is C32H41N3O5. The molecule has 8 heteroatoms. The van der Waals surface area contributed by atoms with Gasteiger partial charge in [-0.1, -0.05) is 30.2 Å². The van der Waals surface area contributed by atoms with Crippen molar-refractivity contribution in [2.24, 2.45) is 0 Å². The molecule has 2 aromatic carbocycles. The minimum Gasteiger partial charge on any atom is -0.508 e. The van der Waals surface area contributed by atoms with E-state index in [2.05, 4.69) is 16.6 Å². The Hall–Kier alpha value is -3.99. The van der Waals surface area contributed by atoms with E-state index in [-0.39, 0.29) is 24.1 Å². The molecule has 0 radical (unpaired) electrons. The number of phenols is 1. The van der Waals surface area contributed by atoms with Gasteiger partial charge < -0.3 is 25.4 Å². The van der Waals surface area contributed by atoms with Gasteiger partial charge in [0.25, 0.3) is 0 Å². The van der Waals surface area contributed by atoms with Gasteiger partial charge in [0, 0.05) is 23.6 Å². The third kappa shape index (κ3) is 8.51. The topological polar surface area (TPSA) is 108 Å². The highest BCUT2D eigenvalue weighted by Gasteiger charge is 2.42. The summed E-state index contributed by atoms with van der Waals surface area (Å²) in [5.41, 5.74) is 0.717. The second-order valence-electron chi connectivity index (χ2n) is 12.3. The van der Waals surface area contributed by atoms with Gasteiger partial charge in [0.1, 0.15) is 23.4 Å². The minimum absolute atomic E-state index is 0.0946. The molecule has 40 heavy (non-hydrogen) atoms. The number of carbonyl (C=O) groups is 3. The molecule has 0 aromatic heterocycles. The van der Waals surface area contributed by atoms with Crippen LogP contribution in [0.3, 0.4) is 0 Å². The Bertz CT molecular complexity index is 1230. The zero-order chi connectivity index (χ0) is 29.7. The molecule has 1 aliphatic rings. The van der Waals surface area contributed by atoms with Crippen LogP contribution in [0.15, 0.2) is 48.5 Å². The fourth-order valence-corrected chi connectivity index (χ4v) is 4.52. The Labute approximate surface area is 237 Å². The summed E-state index contributed by atoms with van der Waals surface area (Å²) < 4.78 is 5.48.